The Morgan fingerprint density at radius 1 is 1.05 bits per heavy atom. The summed E-state index contributed by atoms with van der Waals surface area (Å²) in [5, 5.41) is 17.9. The first-order chi connectivity index (χ1) is 18.6. The minimum atomic E-state index is -0.225. The highest BCUT2D eigenvalue weighted by Gasteiger charge is 2.17. The summed E-state index contributed by atoms with van der Waals surface area (Å²) in [6.45, 7) is 2.02. The number of carbonyl (C=O) groups excluding carboxylic acids is 1. The van der Waals surface area contributed by atoms with E-state index >= 15 is 0 Å². The number of amides is 1. The average molecular weight is 536 g/mol. The maximum atomic E-state index is 12.7. The summed E-state index contributed by atoms with van der Waals surface area (Å²) in [6.07, 6.45) is 1.64. The number of benzene rings is 3. The quantitative estimate of drug-likeness (QED) is 0.107. The molecule has 10 heteroatoms. The van der Waals surface area contributed by atoms with E-state index in [9.17, 15) is 10.1 Å². The molecular formula is C28H21N7OS2. The van der Waals surface area contributed by atoms with Crippen LogP contribution < -0.4 is 10.7 Å². The van der Waals surface area contributed by atoms with Crippen molar-refractivity contribution >= 4 is 56.4 Å². The molecule has 0 aliphatic heterocycles. The number of thioether (sulfide) groups is 1. The number of nitrogens with zero attached hydrogens (tertiary/aromatic N) is 5. The Kier molecular flexibility index (Phi) is 7.68. The lowest BCUT2D eigenvalue weighted by Crippen LogP contribution is -2.14. The molecule has 0 fully saturated rings. The number of hydrogen-bond acceptors (Lipinski definition) is 9. The highest BCUT2D eigenvalue weighted by atomic mass is 32.2. The summed E-state index contributed by atoms with van der Waals surface area (Å²) in [7, 11) is 0. The number of nitriles is 1. The van der Waals surface area contributed by atoms with Crippen molar-refractivity contribution in [2.75, 3.05) is 16.5 Å². The Labute approximate surface area is 227 Å². The number of fused-ring (bicyclic) bond motifs is 1. The molecule has 8 nitrogen and oxygen atoms in total. The third-order valence-corrected chi connectivity index (χ3v) is 7.13. The van der Waals surface area contributed by atoms with E-state index in [0.29, 0.717) is 16.0 Å². The molecule has 186 valence electrons. The molecule has 2 N–H and O–H groups in total. The number of thiazole rings is 1. The molecule has 5 rings (SSSR count). The van der Waals surface area contributed by atoms with Crippen LogP contribution in [0.3, 0.4) is 0 Å². The minimum absolute atomic E-state index is 0.0712. The number of hydrazone groups is 1. The average Bonchev–Trinajstić information content (AvgIpc) is 3.34. The number of aryl methyl sites for hydroxylation is 1. The van der Waals surface area contributed by atoms with Gasteiger partial charge in [-0.2, -0.15) is 10.4 Å². The van der Waals surface area contributed by atoms with Gasteiger partial charge in [0.15, 0.2) is 16.1 Å². The Bertz CT molecular complexity index is 1660. The van der Waals surface area contributed by atoms with Gasteiger partial charge in [-0.3, -0.25) is 10.2 Å². The van der Waals surface area contributed by atoms with Crippen molar-refractivity contribution in [1.29, 1.82) is 5.26 Å². The zero-order chi connectivity index (χ0) is 26.3. The fraction of sp³-hybridized carbons (Fsp3) is 0.0714. The van der Waals surface area contributed by atoms with Crippen molar-refractivity contribution < 1.29 is 4.79 Å². The van der Waals surface area contributed by atoms with Crippen LogP contribution in [0.25, 0.3) is 21.5 Å². The lowest BCUT2D eigenvalue weighted by atomic mass is 10.1. The lowest BCUT2D eigenvalue weighted by Gasteiger charge is -2.10. The molecule has 2 aromatic heterocycles. The summed E-state index contributed by atoms with van der Waals surface area (Å²) in [5.74, 6) is 0.108. The number of aromatic nitrogens is 3. The first kappa shape index (κ1) is 25.1. The van der Waals surface area contributed by atoms with Gasteiger partial charge in [0.2, 0.25) is 5.91 Å². The number of rotatable bonds is 8. The first-order valence-electron chi connectivity index (χ1n) is 11.6. The zero-order valence-electron chi connectivity index (χ0n) is 20.3. The van der Waals surface area contributed by atoms with E-state index in [4.69, 9.17) is 0 Å². The van der Waals surface area contributed by atoms with E-state index in [-0.39, 0.29) is 23.0 Å². The highest BCUT2D eigenvalue weighted by molar-refractivity contribution is 7.99. The second-order valence-corrected chi connectivity index (χ2v) is 10.1. The highest BCUT2D eigenvalue weighted by Crippen LogP contribution is 2.30. The fourth-order valence-corrected chi connectivity index (χ4v) is 5.20. The Hall–Kier alpha value is -4.59. The van der Waals surface area contributed by atoms with Gasteiger partial charge < -0.3 is 5.32 Å². The Balaban J connectivity index is 1.37. The van der Waals surface area contributed by atoms with Crippen LogP contribution in [0.2, 0.25) is 0 Å². The number of hydrogen-bond donors (Lipinski definition) is 2. The van der Waals surface area contributed by atoms with Gasteiger partial charge in [-0.05, 0) is 30.2 Å². The summed E-state index contributed by atoms with van der Waals surface area (Å²) in [6, 6.07) is 27.1. The van der Waals surface area contributed by atoms with Crippen molar-refractivity contribution in [2.45, 2.75) is 12.1 Å². The fourth-order valence-electron chi connectivity index (χ4n) is 3.57. The molecule has 0 atom stereocenters. The molecule has 0 radical (unpaired) electrons. The van der Waals surface area contributed by atoms with Crippen molar-refractivity contribution in [2.24, 2.45) is 5.10 Å². The number of anilines is 2. The summed E-state index contributed by atoms with van der Waals surface area (Å²) in [4.78, 5) is 26.3. The van der Waals surface area contributed by atoms with Crippen LogP contribution in [0, 0.1) is 18.3 Å². The second kappa shape index (κ2) is 11.6. The summed E-state index contributed by atoms with van der Waals surface area (Å²) < 4.78 is 1.02. The molecule has 0 bridgehead atoms. The first-order valence-corrected chi connectivity index (χ1v) is 13.4. The van der Waals surface area contributed by atoms with E-state index < -0.39 is 0 Å². The second-order valence-electron chi connectivity index (χ2n) is 8.16. The van der Waals surface area contributed by atoms with E-state index in [1.807, 2.05) is 85.8 Å². The Morgan fingerprint density at radius 2 is 1.82 bits per heavy atom. The molecule has 0 spiro atoms. The van der Waals surface area contributed by atoms with Gasteiger partial charge in [-0.15, -0.1) is 0 Å². The minimum Gasteiger partial charge on any atom is -0.301 e. The Morgan fingerprint density at radius 3 is 2.58 bits per heavy atom. The lowest BCUT2D eigenvalue weighted by molar-refractivity contribution is -0.113. The van der Waals surface area contributed by atoms with E-state index in [2.05, 4.69) is 36.9 Å². The summed E-state index contributed by atoms with van der Waals surface area (Å²) in [5.41, 5.74) is 7.25. The van der Waals surface area contributed by atoms with Crippen molar-refractivity contribution in [1.82, 2.24) is 15.0 Å². The van der Waals surface area contributed by atoms with Gasteiger partial charge >= 0.3 is 0 Å². The van der Waals surface area contributed by atoms with E-state index in [1.54, 1.807) is 6.21 Å². The van der Waals surface area contributed by atoms with Crippen molar-refractivity contribution in [3.63, 3.8) is 0 Å². The van der Waals surface area contributed by atoms with Crippen LogP contribution in [-0.2, 0) is 4.79 Å². The predicted octanol–water partition coefficient (Wildman–Crippen LogP) is 6.11. The molecule has 38 heavy (non-hydrogen) atoms. The largest absolute Gasteiger partial charge is 0.301 e. The third kappa shape index (κ3) is 6.03. The van der Waals surface area contributed by atoms with Crippen molar-refractivity contribution in [3.8, 4) is 17.3 Å². The molecule has 1 amide bonds. The van der Waals surface area contributed by atoms with Gasteiger partial charge in [-0.1, -0.05) is 89.8 Å². The van der Waals surface area contributed by atoms with Gasteiger partial charge in [0.25, 0.3) is 0 Å². The molecule has 2 heterocycles. The van der Waals surface area contributed by atoms with Crippen molar-refractivity contribution in [3.05, 3.63) is 95.6 Å². The molecular weight excluding hydrogens is 514 g/mol. The van der Waals surface area contributed by atoms with Gasteiger partial charge in [0, 0.05) is 5.56 Å². The molecule has 0 aliphatic rings. The molecule has 3 aromatic carbocycles. The van der Waals surface area contributed by atoms with Crippen LogP contribution in [0.4, 0.5) is 10.9 Å². The molecule has 0 saturated heterocycles. The van der Waals surface area contributed by atoms with Crippen LogP contribution in [0.1, 0.15) is 16.7 Å². The smallest absolute Gasteiger partial charge is 0.236 e. The number of nitrogens with one attached hydrogen (secondary N) is 2. The SMILES string of the molecule is Cc1ccc2nc(NC(=O)CSc3nc(NN=Cc4ccccc4)c(C#N)c(-c4ccccc4)n3)sc2c1. The van der Waals surface area contributed by atoms with E-state index in [1.165, 1.54) is 23.1 Å². The van der Waals surface area contributed by atoms with Gasteiger partial charge in [-0.25, -0.2) is 15.0 Å². The van der Waals surface area contributed by atoms with Crippen LogP contribution in [0.5, 0.6) is 0 Å². The third-order valence-electron chi connectivity index (χ3n) is 5.35. The topological polar surface area (TPSA) is 116 Å². The van der Waals surface area contributed by atoms with Crippen LogP contribution in [0.15, 0.2) is 89.1 Å². The molecule has 0 saturated carbocycles. The predicted molar refractivity (Wildman–Crippen MR) is 154 cm³/mol. The maximum absolute atomic E-state index is 12.7. The standard InChI is InChI=1S/C28H21N7OS2/c1-18-12-13-22-23(14-18)38-28(31-22)32-24(36)17-37-27-33-25(20-10-6-3-7-11-20)21(15-29)26(34-27)35-30-16-19-8-4-2-5-9-19/h2-14,16H,17H2,1H3,(H,31,32,36)(H,33,34,35). The molecule has 0 aliphatic carbocycles. The summed E-state index contributed by atoms with van der Waals surface area (Å²) >= 11 is 2.60. The monoisotopic (exact) mass is 535 g/mol. The normalized spacial score (nSPS) is 10.9. The molecule has 0 unspecified atom stereocenters. The van der Waals surface area contributed by atoms with E-state index in [0.717, 1.165) is 26.9 Å². The molecule has 5 aromatic rings. The van der Waals surface area contributed by atoms with Crippen LogP contribution in [-0.4, -0.2) is 32.8 Å². The van der Waals surface area contributed by atoms with Gasteiger partial charge in [0.1, 0.15) is 11.6 Å². The number of carbonyl (C=O) groups is 1. The van der Waals surface area contributed by atoms with Crippen LogP contribution >= 0.6 is 23.1 Å². The maximum Gasteiger partial charge on any atom is 0.236 e. The zero-order valence-corrected chi connectivity index (χ0v) is 21.9. The van der Waals surface area contributed by atoms with Gasteiger partial charge in [0.05, 0.1) is 27.9 Å².